The topological polar surface area (TPSA) is 48.1 Å². The molecule has 1 fully saturated rings. The lowest BCUT2D eigenvalue weighted by Gasteiger charge is -2.29. The zero-order valence-corrected chi connectivity index (χ0v) is 7.52. The van der Waals surface area contributed by atoms with E-state index in [1.165, 1.54) is 0 Å². The monoisotopic (exact) mass is 178 g/mol. The van der Waals surface area contributed by atoms with Crippen molar-refractivity contribution in [3.05, 3.63) is 30.1 Å². The lowest BCUT2D eigenvalue weighted by Crippen LogP contribution is -2.34. The van der Waals surface area contributed by atoms with Gasteiger partial charge in [0.1, 0.15) is 0 Å². The Balaban J connectivity index is 2.15. The molecule has 70 valence electrons. The van der Waals surface area contributed by atoms with Gasteiger partial charge in [-0.25, -0.2) is 0 Å². The molecule has 1 aliphatic heterocycles. The van der Waals surface area contributed by atoms with Gasteiger partial charge < -0.3 is 10.5 Å². The van der Waals surface area contributed by atoms with Crippen LogP contribution in [0.15, 0.2) is 24.5 Å². The standard InChI is InChI=1S/C10H14N2O/c11-9-2-1-7-13-10(9)8-3-5-12-6-4-8/h3-6,9-10H,1-2,7,11H2/t9-,10-/m1/s1. The molecule has 0 amide bonds. The highest BCUT2D eigenvalue weighted by atomic mass is 16.5. The number of rotatable bonds is 1. The molecule has 3 nitrogen and oxygen atoms in total. The van der Waals surface area contributed by atoms with Gasteiger partial charge in [-0.2, -0.15) is 0 Å². The molecule has 13 heavy (non-hydrogen) atoms. The highest BCUT2D eigenvalue weighted by Gasteiger charge is 2.23. The Hall–Kier alpha value is -0.930. The highest BCUT2D eigenvalue weighted by Crippen LogP contribution is 2.26. The van der Waals surface area contributed by atoms with Gasteiger partial charge in [0.2, 0.25) is 0 Å². The third kappa shape index (κ3) is 1.87. The van der Waals surface area contributed by atoms with Crippen LogP contribution in [0, 0.1) is 0 Å². The first-order chi connectivity index (χ1) is 6.38. The first-order valence-electron chi connectivity index (χ1n) is 4.65. The molecule has 0 spiro atoms. The smallest absolute Gasteiger partial charge is 0.0976 e. The summed E-state index contributed by atoms with van der Waals surface area (Å²) in [5, 5.41) is 0. The van der Waals surface area contributed by atoms with Crippen LogP contribution in [0.2, 0.25) is 0 Å². The van der Waals surface area contributed by atoms with E-state index in [0.717, 1.165) is 25.0 Å². The van der Waals surface area contributed by atoms with Gasteiger partial charge >= 0.3 is 0 Å². The quantitative estimate of drug-likeness (QED) is 0.704. The largest absolute Gasteiger partial charge is 0.372 e. The molecular formula is C10H14N2O. The maximum absolute atomic E-state index is 5.97. The van der Waals surface area contributed by atoms with Gasteiger partial charge in [-0.1, -0.05) is 0 Å². The van der Waals surface area contributed by atoms with Crippen LogP contribution < -0.4 is 5.73 Å². The van der Waals surface area contributed by atoms with Crippen molar-refractivity contribution in [2.75, 3.05) is 6.61 Å². The van der Waals surface area contributed by atoms with Crippen LogP contribution in [0.5, 0.6) is 0 Å². The van der Waals surface area contributed by atoms with E-state index in [1.807, 2.05) is 12.1 Å². The Morgan fingerprint density at radius 1 is 1.38 bits per heavy atom. The van der Waals surface area contributed by atoms with Crippen molar-refractivity contribution in [1.29, 1.82) is 0 Å². The summed E-state index contributed by atoms with van der Waals surface area (Å²) in [5.74, 6) is 0. The lowest BCUT2D eigenvalue weighted by molar-refractivity contribution is 0.000101. The number of aromatic nitrogens is 1. The maximum Gasteiger partial charge on any atom is 0.0976 e. The van der Waals surface area contributed by atoms with Gasteiger partial charge in [-0.15, -0.1) is 0 Å². The summed E-state index contributed by atoms with van der Waals surface area (Å²) in [5.41, 5.74) is 7.11. The first-order valence-corrected chi connectivity index (χ1v) is 4.65. The van der Waals surface area contributed by atoms with Gasteiger partial charge in [0.25, 0.3) is 0 Å². The molecule has 0 unspecified atom stereocenters. The number of nitrogens with zero attached hydrogens (tertiary/aromatic N) is 1. The number of hydrogen-bond acceptors (Lipinski definition) is 3. The lowest BCUT2D eigenvalue weighted by atomic mass is 9.98. The van der Waals surface area contributed by atoms with Crippen molar-refractivity contribution in [3.8, 4) is 0 Å². The fourth-order valence-corrected chi connectivity index (χ4v) is 1.70. The molecule has 1 aliphatic rings. The molecule has 0 radical (unpaired) electrons. The van der Waals surface area contributed by atoms with Crippen molar-refractivity contribution in [2.24, 2.45) is 5.73 Å². The zero-order valence-electron chi connectivity index (χ0n) is 7.52. The minimum atomic E-state index is 0.0664. The first kappa shape index (κ1) is 8.66. The minimum absolute atomic E-state index is 0.0664. The SMILES string of the molecule is N[C@@H]1CCCO[C@@H]1c1ccncc1. The summed E-state index contributed by atoms with van der Waals surface area (Å²) < 4.78 is 5.62. The molecule has 1 aromatic rings. The fourth-order valence-electron chi connectivity index (χ4n) is 1.70. The number of ether oxygens (including phenoxy) is 1. The Morgan fingerprint density at radius 2 is 2.15 bits per heavy atom. The van der Waals surface area contributed by atoms with Gasteiger partial charge in [0, 0.05) is 25.0 Å². The summed E-state index contributed by atoms with van der Waals surface area (Å²) in [7, 11) is 0. The molecule has 2 atom stereocenters. The molecule has 1 aromatic heterocycles. The Kier molecular flexibility index (Phi) is 2.57. The zero-order chi connectivity index (χ0) is 9.10. The normalized spacial score (nSPS) is 28.7. The fraction of sp³-hybridized carbons (Fsp3) is 0.500. The summed E-state index contributed by atoms with van der Waals surface area (Å²) >= 11 is 0. The van der Waals surface area contributed by atoms with Crippen molar-refractivity contribution in [1.82, 2.24) is 4.98 Å². The second kappa shape index (κ2) is 3.85. The third-order valence-electron chi connectivity index (χ3n) is 2.40. The molecule has 0 aliphatic carbocycles. The van der Waals surface area contributed by atoms with Crippen molar-refractivity contribution < 1.29 is 4.74 Å². The summed E-state index contributed by atoms with van der Waals surface area (Å²) in [4.78, 5) is 3.97. The molecule has 1 saturated heterocycles. The second-order valence-corrected chi connectivity index (χ2v) is 3.38. The summed E-state index contributed by atoms with van der Waals surface area (Å²) in [6, 6.07) is 4.07. The Morgan fingerprint density at radius 3 is 2.85 bits per heavy atom. The Labute approximate surface area is 77.9 Å². The van der Waals surface area contributed by atoms with E-state index in [0.29, 0.717) is 0 Å². The summed E-state index contributed by atoms with van der Waals surface area (Å²) in [6.07, 6.45) is 5.74. The molecule has 2 N–H and O–H groups in total. The molecule has 3 heteroatoms. The number of hydrogen-bond donors (Lipinski definition) is 1. The van der Waals surface area contributed by atoms with E-state index < -0.39 is 0 Å². The van der Waals surface area contributed by atoms with E-state index in [2.05, 4.69) is 4.98 Å². The van der Waals surface area contributed by atoms with Crippen molar-refractivity contribution in [3.63, 3.8) is 0 Å². The van der Waals surface area contributed by atoms with Gasteiger partial charge in [-0.05, 0) is 30.5 Å². The minimum Gasteiger partial charge on any atom is -0.372 e. The molecule has 2 heterocycles. The third-order valence-corrected chi connectivity index (χ3v) is 2.40. The second-order valence-electron chi connectivity index (χ2n) is 3.38. The number of pyridine rings is 1. The Bertz CT molecular complexity index is 263. The average molecular weight is 178 g/mol. The van der Waals surface area contributed by atoms with E-state index in [-0.39, 0.29) is 12.1 Å². The summed E-state index contributed by atoms with van der Waals surface area (Å²) in [6.45, 7) is 0.820. The maximum atomic E-state index is 5.97. The van der Waals surface area contributed by atoms with E-state index in [9.17, 15) is 0 Å². The van der Waals surface area contributed by atoms with Crippen LogP contribution >= 0.6 is 0 Å². The van der Waals surface area contributed by atoms with E-state index in [4.69, 9.17) is 10.5 Å². The molecule has 0 aromatic carbocycles. The van der Waals surface area contributed by atoms with Gasteiger partial charge in [-0.3, -0.25) is 4.98 Å². The predicted molar refractivity (Wildman–Crippen MR) is 50.1 cm³/mol. The van der Waals surface area contributed by atoms with Gasteiger partial charge in [0.05, 0.1) is 6.10 Å². The van der Waals surface area contributed by atoms with E-state index in [1.54, 1.807) is 12.4 Å². The van der Waals surface area contributed by atoms with Crippen molar-refractivity contribution in [2.45, 2.75) is 25.0 Å². The van der Waals surface area contributed by atoms with Crippen LogP contribution in [0.4, 0.5) is 0 Å². The van der Waals surface area contributed by atoms with Crippen molar-refractivity contribution >= 4 is 0 Å². The molecule has 2 rings (SSSR count). The number of nitrogens with two attached hydrogens (primary N) is 1. The van der Waals surface area contributed by atoms with Crippen LogP contribution in [0.3, 0.4) is 0 Å². The predicted octanol–water partition coefficient (Wildman–Crippen LogP) is 1.26. The molecule has 0 bridgehead atoms. The van der Waals surface area contributed by atoms with Crippen LogP contribution in [-0.4, -0.2) is 17.6 Å². The van der Waals surface area contributed by atoms with Crippen LogP contribution in [-0.2, 0) is 4.74 Å². The van der Waals surface area contributed by atoms with E-state index >= 15 is 0 Å². The van der Waals surface area contributed by atoms with Crippen LogP contribution in [0.25, 0.3) is 0 Å². The van der Waals surface area contributed by atoms with Gasteiger partial charge in [0.15, 0.2) is 0 Å². The molecular weight excluding hydrogens is 164 g/mol. The highest BCUT2D eigenvalue weighted by molar-refractivity contribution is 5.15. The van der Waals surface area contributed by atoms with Crippen LogP contribution in [0.1, 0.15) is 24.5 Å². The average Bonchev–Trinajstić information content (AvgIpc) is 2.20. The molecule has 0 saturated carbocycles.